The Kier molecular flexibility index (Phi) is 4.23. The average Bonchev–Trinajstić information content (AvgIpc) is 2.29. The summed E-state index contributed by atoms with van der Waals surface area (Å²) in [4.78, 5) is 15.2. The van der Waals surface area contributed by atoms with Gasteiger partial charge in [-0.15, -0.1) is 0 Å². The van der Waals surface area contributed by atoms with Crippen molar-refractivity contribution in [2.45, 2.75) is 13.0 Å². The molecule has 0 bridgehead atoms. The Bertz CT molecular complexity index is 420. The molecule has 0 aliphatic carbocycles. The molecule has 94 valence electrons. The van der Waals surface area contributed by atoms with Crippen molar-refractivity contribution in [1.29, 1.82) is 0 Å². The number of carbonyl (C=O) groups is 1. The zero-order valence-corrected chi connectivity index (χ0v) is 11.3. The van der Waals surface area contributed by atoms with Gasteiger partial charge in [0.1, 0.15) is 6.04 Å². The van der Waals surface area contributed by atoms with Crippen LogP contribution in [0.1, 0.15) is 6.92 Å². The third kappa shape index (κ3) is 3.03. The van der Waals surface area contributed by atoms with E-state index in [1.54, 1.807) is 37.2 Å². The highest BCUT2D eigenvalue weighted by molar-refractivity contribution is 6.31. The fraction of sp³-hybridized carbons (Fsp3) is 0.417. The second-order valence-electron chi connectivity index (χ2n) is 4.22. The summed E-state index contributed by atoms with van der Waals surface area (Å²) in [6.07, 6.45) is 0. The molecule has 0 saturated carbocycles. The summed E-state index contributed by atoms with van der Waals surface area (Å²) >= 11 is 5.93. The van der Waals surface area contributed by atoms with E-state index in [1.807, 2.05) is 18.9 Å². The van der Waals surface area contributed by atoms with Crippen LogP contribution in [0.5, 0.6) is 0 Å². The van der Waals surface area contributed by atoms with Crippen molar-refractivity contribution in [1.82, 2.24) is 4.90 Å². The molecule has 0 spiro atoms. The second-order valence-corrected chi connectivity index (χ2v) is 4.66. The molecule has 4 nitrogen and oxygen atoms in total. The molecule has 0 aromatic heterocycles. The van der Waals surface area contributed by atoms with Gasteiger partial charge in [0.05, 0.1) is 11.4 Å². The van der Waals surface area contributed by atoms with Crippen molar-refractivity contribution in [3.63, 3.8) is 0 Å². The molecule has 1 aromatic rings. The van der Waals surface area contributed by atoms with Crippen molar-refractivity contribution in [2.75, 3.05) is 31.8 Å². The van der Waals surface area contributed by atoms with Crippen LogP contribution in [0.2, 0.25) is 5.02 Å². The number of anilines is 2. The molecule has 0 heterocycles. The van der Waals surface area contributed by atoms with E-state index in [9.17, 15) is 4.79 Å². The summed E-state index contributed by atoms with van der Waals surface area (Å²) < 4.78 is 0. The lowest BCUT2D eigenvalue weighted by Crippen LogP contribution is -2.43. The van der Waals surface area contributed by atoms with Crippen LogP contribution in [0.4, 0.5) is 11.4 Å². The monoisotopic (exact) mass is 255 g/mol. The van der Waals surface area contributed by atoms with Gasteiger partial charge >= 0.3 is 0 Å². The largest absolute Gasteiger partial charge is 0.397 e. The van der Waals surface area contributed by atoms with Gasteiger partial charge in [-0.3, -0.25) is 4.79 Å². The van der Waals surface area contributed by atoms with Crippen LogP contribution in [0.3, 0.4) is 0 Å². The van der Waals surface area contributed by atoms with Gasteiger partial charge in [0, 0.05) is 26.2 Å². The molecule has 2 N–H and O–H groups in total. The molecular weight excluding hydrogens is 238 g/mol. The van der Waals surface area contributed by atoms with Crippen LogP contribution in [-0.2, 0) is 4.79 Å². The smallest absolute Gasteiger partial charge is 0.244 e. The molecule has 1 atom stereocenters. The number of nitrogen functional groups attached to an aromatic ring is 1. The molecule has 0 radical (unpaired) electrons. The number of likely N-dealkylation sites (N-methyl/N-ethyl adjacent to an activating group) is 2. The number of halogens is 1. The zero-order chi connectivity index (χ0) is 13.2. The average molecular weight is 256 g/mol. The Morgan fingerprint density at radius 2 is 1.94 bits per heavy atom. The summed E-state index contributed by atoms with van der Waals surface area (Å²) in [5.74, 6) is 0.0203. The third-order valence-electron chi connectivity index (χ3n) is 2.75. The van der Waals surface area contributed by atoms with Crippen LogP contribution in [0, 0.1) is 0 Å². The first-order valence-corrected chi connectivity index (χ1v) is 5.71. The minimum atomic E-state index is -0.286. The van der Waals surface area contributed by atoms with Crippen molar-refractivity contribution in [3.8, 4) is 0 Å². The summed E-state index contributed by atoms with van der Waals surface area (Å²) in [5, 5.41) is 0.602. The standard InChI is InChI=1S/C12H18ClN3O/c1-8(12(17)15(2)3)16(4)11-7-9(13)5-6-10(11)14/h5-8H,14H2,1-4H3. The highest BCUT2D eigenvalue weighted by Crippen LogP contribution is 2.27. The number of amides is 1. The lowest BCUT2D eigenvalue weighted by atomic mass is 10.2. The number of nitrogens with two attached hydrogens (primary N) is 1. The molecule has 1 rings (SSSR count). The van der Waals surface area contributed by atoms with Gasteiger partial charge in [-0.1, -0.05) is 11.6 Å². The third-order valence-corrected chi connectivity index (χ3v) is 2.99. The van der Waals surface area contributed by atoms with E-state index in [0.29, 0.717) is 10.7 Å². The van der Waals surface area contributed by atoms with E-state index in [1.165, 1.54) is 0 Å². The number of benzene rings is 1. The van der Waals surface area contributed by atoms with Gasteiger partial charge < -0.3 is 15.5 Å². The van der Waals surface area contributed by atoms with Crippen molar-refractivity contribution in [2.24, 2.45) is 0 Å². The fourth-order valence-corrected chi connectivity index (χ4v) is 1.74. The van der Waals surface area contributed by atoms with Gasteiger partial charge in [-0.2, -0.15) is 0 Å². The Hall–Kier alpha value is -1.42. The number of nitrogens with zero attached hydrogens (tertiary/aromatic N) is 2. The van der Waals surface area contributed by atoms with E-state index in [-0.39, 0.29) is 11.9 Å². The fourth-order valence-electron chi connectivity index (χ4n) is 1.57. The Labute approximate surface area is 107 Å². The first-order valence-electron chi connectivity index (χ1n) is 5.33. The Balaban J connectivity index is 2.99. The van der Waals surface area contributed by atoms with E-state index in [2.05, 4.69) is 0 Å². The predicted molar refractivity (Wildman–Crippen MR) is 72.4 cm³/mol. The van der Waals surface area contributed by atoms with Crippen molar-refractivity contribution >= 4 is 28.9 Å². The quantitative estimate of drug-likeness (QED) is 0.839. The molecule has 5 heteroatoms. The zero-order valence-electron chi connectivity index (χ0n) is 10.6. The molecule has 0 saturated heterocycles. The van der Waals surface area contributed by atoms with Gasteiger partial charge in [0.2, 0.25) is 5.91 Å². The lowest BCUT2D eigenvalue weighted by molar-refractivity contribution is -0.129. The van der Waals surface area contributed by atoms with Gasteiger partial charge in [-0.25, -0.2) is 0 Å². The molecule has 0 aliphatic heterocycles. The number of hydrogen-bond acceptors (Lipinski definition) is 3. The maximum atomic E-state index is 11.9. The molecule has 0 fully saturated rings. The summed E-state index contributed by atoms with van der Waals surface area (Å²) in [7, 11) is 5.29. The number of carbonyl (C=O) groups excluding carboxylic acids is 1. The Morgan fingerprint density at radius 1 is 1.35 bits per heavy atom. The number of rotatable bonds is 3. The first-order chi connectivity index (χ1) is 7.84. The summed E-state index contributed by atoms with van der Waals surface area (Å²) in [6.45, 7) is 1.84. The van der Waals surface area contributed by atoms with Crippen molar-refractivity contribution in [3.05, 3.63) is 23.2 Å². The molecular formula is C12H18ClN3O. The normalized spacial score (nSPS) is 12.1. The van der Waals surface area contributed by atoms with Crippen LogP contribution in [-0.4, -0.2) is 38.0 Å². The minimum Gasteiger partial charge on any atom is -0.397 e. The Morgan fingerprint density at radius 3 is 2.47 bits per heavy atom. The van der Waals surface area contributed by atoms with Gasteiger partial charge in [0.15, 0.2) is 0 Å². The second kappa shape index (κ2) is 5.27. The van der Waals surface area contributed by atoms with Crippen LogP contribution in [0.15, 0.2) is 18.2 Å². The van der Waals surface area contributed by atoms with Crippen LogP contribution < -0.4 is 10.6 Å². The predicted octanol–water partition coefficient (Wildman–Crippen LogP) is 1.84. The topological polar surface area (TPSA) is 49.6 Å². The lowest BCUT2D eigenvalue weighted by Gasteiger charge is -2.29. The highest BCUT2D eigenvalue weighted by Gasteiger charge is 2.21. The van der Waals surface area contributed by atoms with E-state index in [0.717, 1.165) is 5.69 Å². The van der Waals surface area contributed by atoms with Gasteiger partial charge in [0.25, 0.3) is 0 Å². The highest BCUT2D eigenvalue weighted by atomic mass is 35.5. The summed E-state index contributed by atoms with van der Waals surface area (Å²) in [5.41, 5.74) is 7.25. The minimum absolute atomic E-state index is 0.0203. The van der Waals surface area contributed by atoms with Gasteiger partial charge in [-0.05, 0) is 25.1 Å². The first kappa shape index (κ1) is 13.6. The number of hydrogen-bond donors (Lipinski definition) is 1. The summed E-state index contributed by atoms with van der Waals surface area (Å²) in [6, 6.07) is 4.94. The maximum Gasteiger partial charge on any atom is 0.244 e. The van der Waals surface area contributed by atoms with Crippen molar-refractivity contribution < 1.29 is 4.79 Å². The van der Waals surface area contributed by atoms with E-state index >= 15 is 0 Å². The molecule has 17 heavy (non-hydrogen) atoms. The molecule has 1 amide bonds. The molecule has 1 aromatic carbocycles. The van der Waals surface area contributed by atoms with E-state index in [4.69, 9.17) is 17.3 Å². The molecule has 0 aliphatic rings. The SMILES string of the molecule is CC(C(=O)N(C)C)N(C)c1cc(Cl)ccc1N. The maximum absolute atomic E-state index is 11.9. The van der Waals surface area contributed by atoms with E-state index < -0.39 is 0 Å². The van der Waals surface area contributed by atoms with Crippen LogP contribution >= 0.6 is 11.6 Å². The molecule has 1 unspecified atom stereocenters. The van der Waals surface area contributed by atoms with Crippen LogP contribution in [0.25, 0.3) is 0 Å².